The molecule has 0 saturated carbocycles. The van der Waals surface area contributed by atoms with Crippen LogP contribution in [0.3, 0.4) is 0 Å². The number of amides is 1. The van der Waals surface area contributed by atoms with Crippen molar-refractivity contribution in [3.05, 3.63) is 77.1 Å². The van der Waals surface area contributed by atoms with Gasteiger partial charge in [-0.1, -0.05) is 59.8 Å². The van der Waals surface area contributed by atoms with Gasteiger partial charge < -0.3 is 14.6 Å². The number of ether oxygens (including phenoxy) is 1. The number of aryl methyl sites for hydroxylation is 1. The van der Waals surface area contributed by atoms with Crippen LogP contribution >= 0.6 is 23.4 Å². The van der Waals surface area contributed by atoms with E-state index in [1.165, 1.54) is 11.8 Å². The Kier molecular flexibility index (Phi) is 6.97. The summed E-state index contributed by atoms with van der Waals surface area (Å²) in [5, 5.41) is 15.0. The van der Waals surface area contributed by atoms with Crippen LogP contribution in [-0.4, -0.2) is 26.4 Å². The monoisotopic (exact) mass is 466 g/mol. The molecule has 0 atom stereocenters. The molecule has 1 N–H and O–H groups in total. The molecule has 8 heteroatoms. The molecule has 1 aromatic heterocycles. The van der Waals surface area contributed by atoms with Crippen molar-refractivity contribution in [2.24, 2.45) is 0 Å². The maximum Gasteiger partial charge on any atom is 0.234 e. The number of carbonyl (C=O) groups excluding carboxylic acids is 1. The lowest BCUT2D eigenvalue weighted by molar-refractivity contribution is -0.113. The minimum atomic E-state index is -0.111. The molecule has 0 radical (unpaired) electrons. The summed E-state index contributed by atoms with van der Waals surface area (Å²) in [5.74, 6) is 1.64. The van der Waals surface area contributed by atoms with Gasteiger partial charge in [0.1, 0.15) is 12.4 Å². The maximum absolute atomic E-state index is 12.4. The number of hydrogen-bond donors (Lipinski definition) is 1. The van der Waals surface area contributed by atoms with E-state index in [0.717, 1.165) is 33.6 Å². The molecule has 1 amide bonds. The van der Waals surface area contributed by atoms with Gasteiger partial charge >= 0.3 is 0 Å². The minimum Gasteiger partial charge on any atom is -0.485 e. The van der Waals surface area contributed by atoms with E-state index in [4.69, 9.17) is 16.3 Å². The first kappa shape index (κ1) is 22.2. The smallest absolute Gasteiger partial charge is 0.234 e. The van der Waals surface area contributed by atoms with Crippen molar-refractivity contribution in [3.8, 4) is 5.75 Å². The van der Waals surface area contributed by atoms with E-state index in [9.17, 15) is 4.79 Å². The predicted octanol–water partition coefficient (Wildman–Crippen LogP) is 5.72. The van der Waals surface area contributed by atoms with Crippen molar-refractivity contribution in [3.63, 3.8) is 0 Å². The van der Waals surface area contributed by atoms with E-state index in [1.54, 1.807) is 12.1 Å². The van der Waals surface area contributed by atoms with Crippen LogP contribution in [0, 0.1) is 6.92 Å². The molecule has 0 aliphatic carbocycles. The zero-order valence-corrected chi connectivity index (χ0v) is 19.4. The van der Waals surface area contributed by atoms with Gasteiger partial charge in [0, 0.05) is 22.6 Å². The Balaban J connectivity index is 1.40. The predicted molar refractivity (Wildman–Crippen MR) is 130 cm³/mol. The highest BCUT2D eigenvalue weighted by Crippen LogP contribution is 2.26. The van der Waals surface area contributed by atoms with Crippen molar-refractivity contribution < 1.29 is 9.53 Å². The second-order valence-corrected chi connectivity index (χ2v) is 8.58. The first-order chi connectivity index (χ1) is 15.5. The normalized spacial score (nSPS) is 11.0. The SMILES string of the molecule is CCn1c(COc2cccc3ccccc23)nnc1SCC(=O)Nc1ccc(Cl)cc1C. The van der Waals surface area contributed by atoms with E-state index in [2.05, 4.69) is 27.6 Å². The van der Waals surface area contributed by atoms with Crippen LogP contribution in [0.1, 0.15) is 18.3 Å². The Morgan fingerprint density at radius 2 is 1.94 bits per heavy atom. The quantitative estimate of drug-likeness (QED) is 0.336. The van der Waals surface area contributed by atoms with E-state index in [0.29, 0.717) is 23.3 Å². The molecule has 6 nitrogen and oxygen atoms in total. The number of anilines is 1. The van der Waals surface area contributed by atoms with Crippen LogP contribution in [-0.2, 0) is 17.9 Å². The Morgan fingerprint density at radius 1 is 1.12 bits per heavy atom. The number of carbonyl (C=O) groups is 1. The number of rotatable bonds is 8. The molecule has 4 rings (SSSR count). The molecule has 0 aliphatic heterocycles. The third kappa shape index (κ3) is 5.06. The van der Waals surface area contributed by atoms with Crippen LogP contribution in [0.25, 0.3) is 10.8 Å². The van der Waals surface area contributed by atoms with Gasteiger partial charge in [0.2, 0.25) is 5.91 Å². The molecule has 164 valence electrons. The second-order valence-electron chi connectivity index (χ2n) is 7.21. The van der Waals surface area contributed by atoms with Crippen LogP contribution in [0.15, 0.2) is 65.8 Å². The van der Waals surface area contributed by atoms with E-state index < -0.39 is 0 Å². The molecular weight excluding hydrogens is 444 g/mol. The summed E-state index contributed by atoms with van der Waals surface area (Å²) in [6.45, 7) is 4.91. The molecule has 0 fully saturated rings. The van der Waals surface area contributed by atoms with Crippen molar-refractivity contribution in [1.82, 2.24) is 14.8 Å². The number of aromatic nitrogens is 3. The molecule has 0 spiro atoms. The third-order valence-corrected chi connectivity index (χ3v) is 6.21. The summed E-state index contributed by atoms with van der Waals surface area (Å²) in [6, 6.07) is 19.5. The summed E-state index contributed by atoms with van der Waals surface area (Å²) in [6.07, 6.45) is 0. The van der Waals surface area contributed by atoms with Gasteiger partial charge in [0.25, 0.3) is 0 Å². The standard InChI is InChI=1S/C24H23ClN4O2S/c1-3-29-22(14-31-21-10-6-8-17-7-4-5-9-19(17)21)27-28-24(29)32-15-23(30)26-20-12-11-18(25)13-16(20)2/h4-13H,3,14-15H2,1-2H3,(H,26,30). The Hall–Kier alpha value is -3.03. The van der Waals surface area contributed by atoms with Gasteiger partial charge in [0.15, 0.2) is 11.0 Å². The van der Waals surface area contributed by atoms with Gasteiger partial charge in [0.05, 0.1) is 5.75 Å². The summed E-state index contributed by atoms with van der Waals surface area (Å²) in [5.41, 5.74) is 1.67. The minimum absolute atomic E-state index is 0.111. The lowest BCUT2D eigenvalue weighted by Crippen LogP contribution is -2.15. The van der Waals surface area contributed by atoms with Crippen molar-refractivity contribution in [2.45, 2.75) is 32.2 Å². The van der Waals surface area contributed by atoms with Gasteiger partial charge in [-0.2, -0.15) is 0 Å². The number of halogens is 1. The van der Waals surface area contributed by atoms with Crippen LogP contribution in [0.5, 0.6) is 5.75 Å². The lowest BCUT2D eigenvalue weighted by Gasteiger charge is -2.11. The fourth-order valence-corrected chi connectivity index (χ4v) is 4.45. The Bertz CT molecular complexity index is 1250. The molecule has 3 aromatic carbocycles. The number of thioether (sulfide) groups is 1. The van der Waals surface area contributed by atoms with Crippen LogP contribution in [0.4, 0.5) is 5.69 Å². The summed E-state index contributed by atoms with van der Waals surface area (Å²) >= 11 is 7.33. The van der Waals surface area contributed by atoms with Crippen LogP contribution < -0.4 is 10.1 Å². The summed E-state index contributed by atoms with van der Waals surface area (Å²) in [4.78, 5) is 12.4. The molecule has 4 aromatic rings. The van der Waals surface area contributed by atoms with Gasteiger partial charge in [-0.15, -0.1) is 10.2 Å². The van der Waals surface area contributed by atoms with E-state index in [1.807, 2.05) is 54.8 Å². The average molecular weight is 467 g/mol. The molecular formula is C24H23ClN4O2S. The largest absolute Gasteiger partial charge is 0.485 e. The number of nitrogens with one attached hydrogen (secondary N) is 1. The first-order valence-electron chi connectivity index (χ1n) is 10.3. The summed E-state index contributed by atoms with van der Waals surface area (Å²) < 4.78 is 8.03. The highest BCUT2D eigenvalue weighted by molar-refractivity contribution is 7.99. The second kappa shape index (κ2) is 10.1. The molecule has 0 bridgehead atoms. The van der Waals surface area contributed by atoms with Crippen molar-refractivity contribution in [2.75, 3.05) is 11.1 Å². The highest BCUT2D eigenvalue weighted by atomic mass is 35.5. The fraction of sp³-hybridized carbons (Fsp3) is 0.208. The number of benzene rings is 3. The molecule has 0 aliphatic rings. The molecule has 32 heavy (non-hydrogen) atoms. The Labute approximate surface area is 195 Å². The van der Waals surface area contributed by atoms with Crippen molar-refractivity contribution >= 4 is 45.7 Å². The highest BCUT2D eigenvalue weighted by Gasteiger charge is 2.15. The van der Waals surface area contributed by atoms with Crippen LogP contribution in [0.2, 0.25) is 5.02 Å². The average Bonchev–Trinajstić information content (AvgIpc) is 3.20. The maximum atomic E-state index is 12.4. The zero-order valence-electron chi connectivity index (χ0n) is 17.8. The number of hydrogen-bond acceptors (Lipinski definition) is 5. The molecule has 0 unspecified atom stereocenters. The zero-order chi connectivity index (χ0) is 22.5. The molecule has 0 saturated heterocycles. The topological polar surface area (TPSA) is 69.0 Å². The van der Waals surface area contributed by atoms with Gasteiger partial charge in [-0.3, -0.25) is 4.79 Å². The number of nitrogens with zero attached hydrogens (tertiary/aromatic N) is 3. The van der Waals surface area contributed by atoms with E-state index >= 15 is 0 Å². The van der Waals surface area contributed by atoms with Gasteiger partial charge in [-0.05, 0) is 49.1 Å². The molecule has 1 heterocycles. The number of fused-ring (bicyclic) bond motifs is 1. The third-order valence-electron chi connectivity index (χ3n) is 5.01. The fourth-order valence-electron chi connectivity index (χ4n) is 3.40. The summed E-state index contributed by atoms with van der Waals surface area (Å²) in [7, 11) is 0. The Morgan fingerprint density at radius 3 is 2.75 bits per heavy atom. The van der Waals surface area contributed by atoms with Crippen molar-refractivity contribution in [1.29, 1.82) is 0 Å². The van der Waals surface area contributed by atoms with E-state index in [-0.39, 0.29) is 11.7 Å². The first-order valence-corrected chi connectivity index (χ1v) is 11.6. The van der Waals surface area contributed by atoms with Gasteiger partial charge in [-0.25, -0.2) is 0 Å². The lowest BCUT2D eigenvalue weighted by atomic mass is 10.1.